The van der Waals surface area contributed by atoms with Crippen molar-refractivity contribution in [2.45, 2.75) is 0 Å². The Hall–Kier alpha value is -2.34. The van der Waals surface area contributed by atoms with Gasteiger partial charge in [-0.2, -0.15) is 0 Å². The van der Waals surface area contributed by atoms with Crippen molar-refractivity contribution in [3.8, 4) is 41.3 Å². The zero-order valence-corrected chi connectivity index (χ0v) is 8.87. The minimum absolute atomic E-state index is 0.180. The van der Waals surface area contributed by atoms with Crippen LogP contribution in [0.2, 0.25) is 0 Å². The SMILES string of the molecule is COc1ccc(C#CC#CC#CCO)cc1. The lowest BCUT2D eigenvalue weighted by Gasteiger charge is -1.96. The summed E-state index contributed by atoms with van der Waals surface area (Å²) in [5.74, 6) is 16.3. The minimum atomic E-state index is -0.180. The summed E-state index contributed by atoms with van der Waals surface area (Å²) in [6.07, 6.45) is 0. The summed E-state index contributed by atoms with van der Waals surface area (Å²) in [6.45, 7) is -0.180. The lowest BCUT2D eigenvalue weighted by molar-refractivity contribution is 0.350. The van der Waals surface area contributed by atoms with Gasteiger partial charge in [0.25, 0.3) is 0 Å². The lowest BCUT2D eigenvalue weighted by atomic mass is 10.2. The largest absolute Gasteiger partial charge is 0.497 e. The van der Waals surface area contributed by atoms with Gasteiger partial charge in [0, 0.05) is 5.56 Å². The molecular formula is C14H10O2. The quantitative estimate of drug-likeness (QED) is 0.702. The molecule has 0 radical (unpaired) electrons. The smallest absolute Gasteiger partial charge is 0.118 e. The first-order chi connectivity index (χ1) is 7.86. The second-order valence-corrected chi connectivity index (χ2v) is 2.69. The van der Waals surface area contributed by atoms with Crippen LogP contribution in [-0.2, 0) is 0 Å². The first-order valence-electron chi connectivity index (χ1n) is 4.60. The van der Waals surface area contributed by atoms with Crippen molar-refractivity contribution in [1.29, 1.82) is 0 Å². The number of benzene rings is 1. The van der Waals surface area contributed by atoms with Gasteiger partial charge < -0.3 is 9.84 Å². The van der Waals surface area contributed by atoms with E-state index in [2.05, 4.69) is 35.5 Å². The molecule has 0 unspecified atom stereocenters. The molecule has 0 aliphatic carbocycles. The number of hydrogen-bond acceptors (Lipinski definition) is 2. The van der Waals surface area contributed by atoms with Crippen molar-refractivity contribution in [2.24, 2.45) is 0 Å². The summed E-state index contributed by atoms with van der Waals surface area (Å²) in [5.41, 5.74) is 0.866. The highest BCUT2D eigenvalue weighted by Crippen LogP contribution is 2.09. The molecule has 0 bridgehead atoms. The van der Waals surface area contributed by atoms with Gasteiger partial charge in [0.15, 0.2) is 0 Å². The lowest BCUT2D eigenvalue weighted by Crippen LogP contribution is -1.81. The number of ether oxygens (including phenoxy) is 1. The Kier molecular flexibility index (Phi) is 5.15. The molecule has 0 aliphatic rings. The van der Waals surface area contributed by atoms with E-state index in [9.17, 15) is 0 Å². The zero-order valence-electron chi connectivity index (χ0n) is 8.87. The Morgan fingerprint density at radius 2 is 1.75 bits per heavy atom. The molecule has 2 heteroatoms. The van der Waals surface area contributed by atoms with Gasteiger partial charge >= 0.3 is 0 Å². The molecule has 0 aliphatic heterocycles. The van der Waals surface area contributed by atoms with E-state index in [0.29, 0.717) is 0 Å². The molecule has 0 aromatic heterocycles. The van der Waals surface area contributed by atoms with E-state index in [0.717, 1.165) is 11.3 Å². The fourth-order valence-electron chi connectivity index (χ4n) is 0.924. The van der Waals surface area contributed by atoms with Crippen LogP contribution >= 0.6 is 0 Å². The van der Waals surface area contributed by atoms with Crippen molar-refractivity contribution in [2.75, 3.05) is 13.7 Å². The molecule has 1 rings (SSSR count). The van der Waals surface area contributed by atoms with Crippen LogP contribution in [0.3, 0.4) is 0 Å². The molecule has 0 saturated carbocycles. The predicted octanol–water partition coefficient (Wildman–Crippen LogP) is 1.05. The predicted molar refractivity (Wildman–Crippen MR) is 62.5 cm³/mol. The molecule has 1 aromatic carbocycles. The third-order valence-corrected chi connectivity index (χ3v) is 1.65. The third-order valence-electron chi connectivity index (χ3n) is 1.65. The average molecular weight is 210 g/mol. The summed E-state index contributed by atoms with van der Waals surface area (Å²) in [6, 6.07) is 7.38. The molecule has 0 spiro atoms. The topological polar surface area (TPSA) is 29.5 Å². The number of aliphatic hydroxyl groups excluding tert-OH is 1. The van der Waals surface area contributed by atoms with E-state index in [4.69, 9.17) is 9.84 Å². The highest BCUT2D eigenvalue weighted by atomic mass is 16.5. The first-order valence-corrected chi connectivity index (χ1v) is 4.60. The van der Waals surface area contributed by atoms with Crippen molar-refractivity contribution < 1.29 is 9.84 Å². The fourth-order valence-corrected chi connectivity index (χ4v) is 0.924. The molecular weight excluding hydrogens is 200 g/mol. The van der Waals surface area contributed by atoms with Gasteiger partial charge in [-0.05, 0) is 47.9 Å². The Bertz CT molecular complexity index is 508. The molecule has 0 atom stereocenters. The minimum Gasteiger partial charge on any atom is -0.497 e. The summed E-state index contributed by atoms with van der Waals surface area (Å²) in [7, 11) is 1.62. The van der Waals surface area contributed by atoms with Crippen LogP contribution in [0.4, 0.5) is 0 Å². The number of methoxy groups -OCH3 is 1. The van der Waals surface area contributed by atoms with Crippen LogP contribution in [0.25, 0.3) is 0 Å². The standard InChI is InChI=1S/C14H10O2/c1-16-14-10-8-13(9-11-14)7-5-3-2-4-6-12-15/h8-11,15H,12H2,1H3. The first kappa shape index (κ1) is 11.7. The molecule has 16 heavy (non-hydrogen) atoms. The van der Waals surface area contributed by atoms with Crippen LogP contribution in [0.1, 0.15) is 5.56 Å². The highest BCUT2D eigenvalue weighted by Gasteiger charge is 1.88. The second kappa shape index (κ2) is 7.02. The van der Waals surface area contributed by atoms with Gasteiger partial charge in [0.05, 0.1) is 7.11 Å². The molecule has 0 heterocycles. The normalized spacial score (nSPS) is 7.38. The van der Waals surface area contributed by atoms with Gasteiger partial charge in [-0.1, -0.05) is 11.8 Å². The maximum absolute atomic E-state index is 8.36. The molecule has 1 N–H and O–H groups in total. The maximum atomic E-state index is 8.36. The summed E-state index contributed by atoms with van der Waals surface area (Å²) in [5, 5.41) is 8.36. The van der Waals surface area contributed by atoms with E-state index in [1.54, 1.807) is 7.11 Å². The summed E-state index contributed by atoms with van der Waals surface area (Å²) >= 11 is 0. The number of rotatable bonds is 1. The van der Waals surface area contributed by atoms with Gasteiger partial charge in [-0.15, -0.1) is 0 Å². The van der Waals surface area contributed by atoms with Gasteiger partial charge in [0.2, 0.25) is 0 Å². The monoisotopic (exact) mass is 210 g/mol. The van der Waals surface area contributed by atoms with E-state index in [1.165, 1.54) is 0 Å². The van der Waals surface area contributed by atoms with E-state index >= 15 is 0 Å². The Balaban J connectivity index is 2.65. The fraction of sp³-hybridized carbons (Fsp3) is 0.143. The summed E-state index contributed by atoms with van der Waals surface area (Å²) < 4.78 is 5.02. The van der Waals surface area contributed by atoms with E-state index in [1.807, 2.05) is 24.3 Å². The van der Waals surface area contributed by atoms with Crippen LogP contribution < -0.4 is 4.74 Å². The number of aliphatic hydroxyl groups is 1. The highest BCUT2D eigenvalue weighted by molar-refractivity contribution is 5.44. The van der Waals surface area contributed by atoms with Crippen LogP contribution in [-0.4, -0.2) is 18.8 Å². The zero-order chi connectivity index (χ0) is 11.6. The Morgan fingerprint density at radius 3 is 2.38 bits per heavy atom. The molecule has 0 saturated heterocycles. The average Bonchev–Trinajstić information content (AvgIpc) is 2.34. The third kappa shape index (κ3) is 4.25. The van der Waals surface area contributed by atoms with Crippen molar-refractivity contribution in [3.05, 3.63) is 29.8 Å². The van der Waals surface area contributed by atoms with Gasteiger partial charge in [0.1, 0.15) is 12.4 Å². The summed E-state index contributed by atoms with van der Waals surface area (Å²) in [4.78, 5) is 0. The maximum Gasteiger partial charge on any atom is 0.118 e. The molecule has 2 nitrogen and oxygen atoms in total. The van der Waals surface area contributed by atoms with Crippen molar-refractivity contribution >= 4 is 0 Å². The van der Waals surface area contributed by atoms with Crippen LogP contribution in [0, 0.1) is 35.5 Å². The van der Waals surface area contributed by atoms with Crippen molar-refractivity contribution in [3.63, 3.8) is 0 Å². The second-order valence-electron chi connectivity index (χ2n) is 2.69. The molecule has 78 valence electrons. The molecule has 1 aromatic rings. The van der Waals surface area contributed by atoms with Crippen molar-refractivity contribution in [1.82, 2.24) is 0 Å². The number of hydrogen-bond donors (Lipinski definition) is 1. The molecule has 0 amide bonds. The van der Waals surface area contributed by atoms with Crippen LogP contribution in [0.15, 0.2) is 24.3 Å². The Labute approximate surface area is 95.3 Å². The van der Waals surface area contributed by atoms with E-state index < -0.39 is 0 Å². The van der Waals surface area contributed by atoms with Crippen LogP contribution in [0.5, 0.6) is 5.75 Å². The Morgan fingerprint density at radius 1 is 1.06 bits per heavy atom. The van der Waals surface area contributed by atoms with Gasteiger partial charge in [-0.25, -0.2) is 0 Å². The van der Waals surface area contributed by atoms with Gasteiger partial charge in [-0.3, -0.25) is 0 Å². The van der Waals surface area contributed by atoms with E-state index in [-0.39, 0.29) is 6.61 Å². The molecule has 0 fully saturated rings.